The molecule has 3 rings (SSSR count). The van der Waals surface area contributed by atoms with Gasteiger partial charge < -0.3 is 16.2 Å². The number of nitrogens with two attached hydrogens (primary N) is 2. The van der Waals surface area contributed by atoms with Gasteiger partial charge in [-0.05, 0) is 18.2 Å². The highest BCUT2D eigenvalue weighted by molar-refractivity contribution is 7.90. The Morgan fingerprint density at radius 3 is 2.52 bits per heavy atom. The van der Waals surface area contributed by atoms with Crippen LogP contribution in [0.25, 0.3) is 0 Å². The lowest BCUT2D eigenvalue weighted by molar-refractivity contribution is 0.100. The minimum atomic E-state index is -3.85. The third kappa shape index (κ3) is 3.28. The number of fused-ring (bicyclic) bond motifs is 2. The molecule has 130 valence electrons. The van der Waals surface area contributed by atoms with Crippen molar-refractivity contribution in [2.75, 3.05) is 0 Å². The smallest absolute Gasteiger partial charge is 0.280 e. The number of nitrogens with zero attached hydrogens (tertiary/aromatic N) is 1. The van der Waals surface area contributed by atoms with Crippen molar-refractivity contribution < 1.29 is 17.9 Å². The number of hydrogen-bond acceptors (Lipinski definition) is 4. The van der Waals surface area contributed by atoms with Gasteiger partial charge in [0.25, 0.3) is 5.91 Å². The summed E-state index contributed by atoms with van der Waals surface area (Å²) < 4.78 is 31.2. The van der Waals surface area contributed by atoms with Crippen LogP contribution in [0.1, 0.15) is 15.9 Å². The van der Waals surface area contributed by atoms with Crippen LogP contribution in [0.4, 0.5) is 0 Å². The van der Waals surface area contributed by atoms with Gasteiger partial charge >= 0.3 is 0 Å². The lowest BCUT2D eigenvalue weighted by atomic mass is 10.2. The summed E-state index contributed by atoms with van der Waals surface area (Å²) in [5.74, 6) is -1.52. The van der Waals surface area contributed by atoms with Gasteiger partial charge in [-0.3, -0.25) is 4.79 Å². The number of aliphatic imine (C=N–C) groups is 1. The quantitative estimate of drug-likeness (QED) is 0.560. The normalized spacial score (nSPS) is 14.5. The molecular weight excluding hydrogens is 389 g/mol. The Morgan fingerprint density at radius 2 is 1.84 bits per heavy atom. The second kappa shape index (κ2) is 6.21. The average molecular weight is 400 g/mol. The Hall–Kier alpha value is -2.29. The first-order chi connectivity index (χ1) is 11.7. The molecule has 0 aromatic heterocycles. The second-order valence-electron chi connectivity index (χ2n) is 5.22. The Labute approximate surface area is 153 Å². The number of guanidine groups is 1. The maximum Gasteiger partial charge on any atom is 0.280 e. The molecule has 0 fully saturated rings. The monoisotopic (exact) mass is 399 g/mol. The van der Waals surface area contributed by atoms with Crippen molar-refractivity contribution in [1.82, 2.24) is 0 Å². The van der Waals surface area contributed by atoms with Crippen LogP contribution in [0.2, 0.25) is 10.0 Å². The largest absolute Gasteiger partial charge is 0.453 e. The number of carbonyl (C=O) groups excluding carboxylic acids is 1. The van der Waals surface area contributed by atoms with E-state index in [1.807, 2.05) is 0 Å². The van der Waals surface area contributed by atoms with Gasteiger partial charge in [-0.25, -0.2) is 8.42 Å². The zero-order valence-corrected chi connectivity index (χ0v) is 14.8. The van der Waals surface area contributed by atoms with Crippen LogP contribution in [0.15, 0.2) is 40.2 Å². The predicted molar refractivity (Wildman–Crippen MR) is 94.0 cm³/mol. The SMILES string of the molecule is NC(N)=NC(=O)c1cc(Cl)c2c(c1)S(=O)(=O)Cc1cccc(Cl)c1O2. The number of rotatable bonds is 1. The van der Waals surface area contributed by atoms with Gasteiger partial charge in [0.15, 0.2) is 21.5 Å². The Morgan fingerprint density at radius 1 is 1.12 bits per heavy atom. The van der Waals surface area contributed by atoms with Crippen LogP contribution in [0.5, 0.6) is 11.5 Å². The third-order valence-electron chi connectivity index (χ3n) is 3.42. The Bertz CT molecular complexity index is 1030. The van der Waals surface area contributed by atoms with E-state index in [0.717, 1.165) is 6.07 Å². The molecule has 1 aliphatic rings. The maximum atomic E-state index is 12.7. The average Bonchev–Trinajstić information content (AvgIpc) is 2.61. The van der Waals surface area contributed by atoms with E-state index < -0.39 is 21.7 Å². The van der Waals surface area contributed by atoms with Gasteiger partial charge in [-0.2, -0.15) is 4.99 Å². The first-order valence-electron chi connectivity index (χ1n) is 6.84. The number of para-hydroxylation sites is 1. The fourth-order valence-electron chi connectivity index (χ4n) is 2.37. The summed E-state index contributed by atoms with van der Waals surface area (Å²) in [6.07, 6.45) is 0. The number of amides is 1. The van der Waals surface area contributed by atoms with Crippen molar-refractivity contribution in [1.29, 1.82) is 0 Å². The molecular formula is C15H11Cl2N3O4S. The predicted octanol–water partition coefficient (Wildman–Crippen LogP) is 2.49. The standard InChI is InChI=1S/C15H11Cl2N3O4S/c16-9-3-1-2-7-6-25(22,23)11-5-8(14(21)20-15(18)19)4-10(17)13(11)24-12(7)9/h1-5H,6H2,(H4,18,19,20,21). The molecule has 4 N–H and O–H groups in total. The van der Waals surface area contributed by atoms with E-state index in [0.29, 0.717) is 5.56 Å². The number of carbonyl (C=O) groups is 1. The van der Waals surface area contributed by atoms with Crippen LogP contribution in [0, 0.1) is 0 Å². The van der Waals surface area contributed by atoms with Crippen LogP contribution >= 0.6 is 23.2 Å². The van der Waals surface area contributed by atoms with Gasteiger partial charge in [0.1, 0.15) is 10.6 Å². The fraction of sp³-hybridized carbons (Fsp3) is 0.0667. The molecule has 2 aromatic carbocycles. The molecule has 1 heterocycles. The molecule has 1 aliphatic heterocycles. The fourth-order valence-corrected chi connectivity index (χ4v) is 4.45. The summed E-state index contributed by atoms with van der Waals surface area (Å²) >= 11 is 12.3. The molecule has 0 spiro atoms. The zero-order chi connectivity index (χ0) is 18.4. The summed E-state index contributed by atoms with van der Waals surface area (Å²) in [4.78, 5) is 15.1. The van der Waals surface area contributed by atoms with Crippen molar-refractivity contribution in [2.45, 2.75) is 10.6 Å². The van der Waals surface area contributed by atoms with Crippen LogP contribution < -0.4 is 16.2 Å². The van der Waals surface area contributed by atoms with E-state index in [4.69, 9.17) is 39.4 Å². The molecule has 7 nitrogen and oxygen atoms in total. The summed E-state index contributed by atoms with van der Waals surface area (Å²) in [5, 5.41) is 0.167. The highest BCUT2D eigenvalue weighted by Gasteiger charge is 2.31. The Kier molecular flexibility index (Phi) is 4.36. The molecule has 2 aromatic rings. The van der Waals surface area contributed by atoms with E-state index in [2.05, 4.69) is 4.99 Å². The van der Waals surface area contributed by atoms with E-state index >= 15 is 0 Å². The summed E-state index contributed by atoms with van der Waals surface area (Å²) in [7, 11) is -3.85. The zero-order valence-electron chi connectivity index (χ0n) is 12.5. The van der Waals surface area contributed by atoms with E-state index in [1.54, 1.807) is 18.2 Å². The minimum absolute atomic E-state index is 0.0806. The molecule has 0 bridgehead atoms. The number of ether oxygens (including phenoxy) is 1. The number of benzene rings is 2. The van der Waals surface area contributed by atoms with Crippen molar-refractivity contribution >= 4 is 44.9 Å². The van der Waals surface area contributed by atoms with Gasteiger partial charge in [0, 0.05) is 11.1 Å². The summed E-state index contributed by atoms with van der Waals surface area (Å²) in [6.45, 7) is 0. The molecule has 10 heteroatoms. The molecule has 25 heavy (non-hydrogen) atoms. The molecule has 0 unspecified atom stereocenters. The van der Waals surface area contributed by atoms with E-state index in [9.17, 15) is 13.2 Å². The third-order valence-corrected chi connectivity index (χ3v) is 5.66. The van der Waals surface area contributed by atoms with Gasteiger partial charge in [-0.1, -0.05) is 35.3 Å². The molecule has 1 amide bonds. The Balaban J connectivity index is 2.24. The van der Waals surface area contributed by atoms with Crippen molar-refractivity contribution in [3.8, 4) is 11.5 Å². The first-order valence-corrected chi connectivity index (χ1v) is 9.25. The number of hydrogen-bond donors (Lipinski definition) is 2. The first kappa shape index (κ1) is 17.5. The summed E-state index contributed by atoms with van der Waals surface area (Å²) in [6, 6.07) is 7.13. The van der Waals surface area contributed by atoms with Crippen LogP contribution in [-0.4, -0.2) is 20.3 Å². The van der Waals surface area contributed by atoms with E-state index in [1.165, 1.54) is 6.07 Å². The van der Waals surface area contributed by atoms with Crippen molar-refractivity contribution in [2.24, 2.45) is 16.5 Å². The molecule has 0 radical (unpaired) electrons. The molecule has 0 atom stereocenters. The van der Waals surface area contributed by atoms with Gasteiger partial charge in [0.2, 0.25) is 0 Å². The van der Waals surface area contributed by atoms with Gasteiger partial charge in [0.05, 0.1) is 15.8 Å². The topological polar surface area (TPSA) is 125 Å². The van der Waals surface area contributed by atoms with E-state index in [-0.39, 0.29) is 37.8 Å². The minimum Gasteiger partial charge on any atom is -0.453 e. The lowest BCUT2D eigenvalue weighted by Gasteiger charge is -2.12. The van der Waals surface area contributed by atoms with Crippen molar-refractivity contribution in [3.05, 3.63) is 51.5 Å². The molecule has 0 aliphatic carbocycles. The number of halogens is 2. The molecule has 0 saturated heterocycles. The highest BCUT2D eigenvalue weighted by atomic mass is 35.5. The second-order valence-corrected chi connectivity index (χ2v) is 7.99. The highest BCUT2D eigenvalue weighted by Crippen LogP contribution is 2.45. The maximum absolute atomic E-state index is 12.7. The number of sulfone groups is 1. The summed E-state index contributed by atoms with van der Waals surface area (Å²) in [5.41, 5.74) is 10.7. The lowest BCUT2D eigenvalue weighted by Crippen LogP contribution is -2.24. The van der Waals surface area contributed by atoms with Crippen LogP contribution in [0.3, 0.4) is 0 Å². The van der Waals surface area contributed by atoms with Crippen molar-refractivity contribution in [3.63, 3.8) is 0 Å². The van der Waals surface area contributed by atoms with Gasteiger partial charge in [-0.15, -0.1) is 0 Å². The van der Waals surface area contributed by atoms with Crippen LogP contribution in [-0.2, 0) is 15.6 Å². The molecule has 0 saturated carbocycles.